The highest BCUT2D eigenvalue weighted by Crippen LogP contribution is 2.48. The van der Waals surface area contributed by atoms with Gasteiger partial charge in [0.15, 0.2) is 0 Å². The third-order valence-corrected chi connectivity index (χ3v) is 7.01. The molecule has 7 aromatic rings. The van der Waals surface area contributed by atoms with E-state index in [0.29, 0.717) is 0 Å². The molecule has 0 bridgehead atoms. The normalized spacial score (nSPS) is 11.5. The summed E-state index contributed by atoms with van der Waals surface area (Å²) >= 11 is 0. The Morgan fingerprint density at radius 1 is 0.265 bits per heavy atom. The van der Waals surface area contributed by atoms with Gasteiger partial charge in [0.1, 0.15) is 0 Å². The van der Waals surface area contributed by atoms with E-state index in [0.717, 1.165) is 0 Å². The van der Waals surface area contributed by atoms with Gasteiger partial charge in [0.05, 0.1) is 0 Å². The molecule has 0 saturated heterocycles. The standard InChI is InChI=1S/C20H12.C14H10/c1-2-7-14-13(6-1)12-19-16-9-4-3-8-15(16)18-11-5-10-17(14)20(18)19;1-2-6-12-10-14-8-4-3-7-13(14)9-11(12)5-1/h1-12H;1-10H. The van der Waals surface area contributed by atoms with E-state index in [-0.39, 0.29) is 0 Å². The van der Waals surface area contributed by atoms with Gasteiger partial charge < -0.3 is 0 Å². The lowest BCUT2D eigenvalue weighted by Gasteiger charge is -2.07. The summed E-state index contributed by atoms with van der Waals surface area (Å²) in [7, 11) is 0. The van der Waals surface area contributed by atoms with Gasteiger partial charge in [0, 0.05) is 0 Å². The van der Waals surface area contributed by atoms with E-state index in [2.05, 4.69) is 133 Å². The van der Waals surface area contributed by atoms with Crippen molar-refractivity contribution in [2.75, 3.05) is 0 Å². The molecular formula is C34H22. The Kier molecular flexibility index (Phi) is 4.25. The van der Waals surface area contributed by atoms with Gasteiger partial charge in [-0.25, -0.2) is 0 Å². The minimum absolute atomic E-state index is 1.31. The first-order valence-corrected chi connectivity index (χ1v) is 11.8. The average molecular weight is 431 g/mol. The van der Waals surface area contributed by atoms with Crippen molar-refractivity contribution in [3.8, 4) is 22.3 Å². The zero-order chi connectivity index (χ0) is 22.5. The maximum atomic E-state index is 2.34. The van der Waals surface area contributed by atoms with Crippen molar-refractivity contribution in [3.05, 3.63) is 133 Å². The zero-order valence-electron chi connectivity index (χ0n) is 18.7. The van der Waals surface area contributed by atoms with E-state index >= 15 is 0 Å². The largest absolute Gasteiger partial charge is 0.0616 e. The molecular weight excluding hydrogens is 408 g/mol. The van der Waals surface area contributed by atoms with Gasteiger partial charge in [0.2, 0.25) is 0 Å². The summed E-state index contributed by atoms with van der Waals surface area (Å²) in [6, 6.07) is 47.8. The molecule has 0 radical (unpaired) electrons. The van der Waals surface area contributed by atoms with Gasteiger partial charge in [-0.1, -0.05) is 115 Å². The highest BCUT2D eigenvalue weighted by atomic mass is 14.2. The van der Waals surface area contributed by atoms with Crippen LogP contribution >= 0.6 is 0 Å². The minimum Gasteiger partial charge on any atom is -0.0616 e. The van der Waals surface area contributed by atoms with Crippen molar-refractivity contribution in [1.82, 2.24) is 0 Å². The molecule has 34 heavy (non-hydrogen) atoms. The second-order valence-electron chi connectivity index (χ2n) is 8.97. The summed E-state index contributed by atoms with van der Waals surface area (Å²) in [6.45, 7) is 0. The molecule has 0 fully saturated rings. The van der Waals surface area contributed by atoms with Crippen LogP contribution in [-0.2, 0) is 0 Å². The topological polar surface area (TPSA) is 0 Å². The fourth-order valence-electron chi connectivity index (χ4n) is 5.44. The van der Waals surface area contributed by atoms with Gasteiger partial charge >= 0.3 is 0 Å². The van der Waals surface area contributed by atoms with Crippen LogP contribution in [0.4, 0.5) is 0 Å². The smallest absolute Gasteiger partial charge is 0.00199 e. The van der Waals surface area contributed by atoms with Crippen LogP contribution in [0, 0.1) is 0 Å². The highest BCUT2D eigenvalue weighted by Gasteiger charge is 2.21. The molecule has 0 saturated carbocycles. The lowest BCUT2D eigenvalue weighted by Crippen LogP contribution is -1.79. The second kappa shape index (κ2) is 7.57. The van der Waals surface area contributed by atoms with Crippen LogP contribution < -0.4 is 0 Å². The Labute approximate surface area is 198 Å². The van der Waals surface area contributed by atoms with Crippen molar-refractivity contribution >= 4 is 43.1 Å². The van der Waals surface area contributed by atoms with Crippen LogP contribution in [0.3, 0.4) is 0 Å². The van der Waals surface area contributed by atoms with Gasteiger partial charge in [-0.15, -0.1) is 0 Å². The number of hydrogen-bond donors (Lipinski definition) is 0. The minimum atomic E-state index is 1.31. The molecule has 0 heterocycles. The van der Waals surface area contributed by atoms with E-state index < -0.39 is 0 Å². The molecule has 0 heteroatoms. The van der Waals surface area contributed by atoms with E-state index in [1.807, 2.05) is 0 Å². The van der Waals surface area contributed by atoms with Gasteiger partial charge in [0.25, 0.3) is 0 Å². The molecule has 0 N–H and O–H groups in total. The van der Waals surface area contributed by atoms with Crippen molar-refractivity contribution < 1.29 is 0 Å². The molecule has 0 amide bonds. The summed E-state index contributed by atoms with van der Waals surface area (Å²) in [5, 5.41) is 10.7. The summed E-state index contributed by atoms with van der Waals surface area (Å²) < 4.78 is 0. The van der Waals surface area contributed by atoms with Gasteiger partial charge in [-0.3, -0.25) is 0 Å². The molecule has 158 valence electrons. The summed E-state index contributed by atoms with van der Waals surface area (Å²) in [5.74, 6) is 0. The zero-order valence-corrected chi connectivity index (χ0v) is 18.7. The number of hydrogen-bond acceptors (Lipinski definition) is 0. The lowest BCUT2D eigenvalue weighted by atomic mass is 9.97. The molecule has 1 aliphatic carbocycles. The Morgan fingerprint density at radius 3 is 1.32 bits per heavy atom. The molecule has 0 aromatic heterocycles. The summed E-state index contributed by atoms with van der Waals surface area (Å²) in [4.78, 5) is 0. The van der Waals surface area contributed by atoms with Crippen LogP contribution in [-0.4, -0.2) is 0 Å². The molecule has 0 unspecified atom stereocenters. The third kappa shape index (κ3) is 2.93. The van der Waals surface area contributed by atoms with Crippen LogP contribution in [0.25, 0.3) is 65.3 Å². The molecule has 7 aromatic carbocycles. The van der Waals surface area contributed by atoms with Crippen LogP contribution in [0.1, 0.15) is 0 Å². The monoisotopic (exact) mass is 430 g/mol. The fraction of sp³-hybridized carbons (Fsp3) is 0. The SMILES string of the molecule is c1ccc2c(c1)-c1cccc3c1c-2cc1ccccc13.c1ccc2cc3ccccc3cc2c1. The second-order valence-corrected chi connectivity index (χ2v) is 8.97. The Hall–Kier alpha value is -4.42. The van der Waals surface area contributed by atoms with Gasteiger partial charge in [-0.2, -0.15) is 0 Å². The van der Waals surface area contributed by atoms with Crippen LogP contribution in [0.15, 0.2) is 133 Å². The molecule has 1 aliphatic rings. The maximum Gasteiger partial charge on any atom is -0.00199 e. The number of benzene rings is 7. The first-order valence-electron chi connectivity index (χ1n) is 11.8. The molecule has 8 rings (SSSR count). The quantitative estimate of drug-likeness (QED) is 0.166. The van der Waals surface area contributed by atoms with Gasteiger partial charge in [-0.05, 0) is 83.5 Å². The van der Waals surface area contributed by atoms with Crippen molar-refractivity contribution in [2.45, 2.75) is 0 Å². The average Bonchev–Trinajstić information content (AvgIpc) is 3.23. The molecule has 0 atom stereocenters. The first-order chi connectivity index (χ1) is 16.9. The highest BCUT2D eigenvalue weighted by molar-refractivity contribution is 6.23. The van der Waals surface area contributed by atoms with Crippen molar-refractivity contribution in [2.24, 2.45) is 0 Å². The van der Waals surface area contributed by atoms with E-state index in [1.165, 1.54) is 65.3 Å². The molecule has 0 nitrogen and oxygen atoms in total. The maximum absolute atomic E-state index is 2.34. The number of rotatable bonds is 0. The first kappa shape index (κ1) is 19.1. The lowest BCUT2D eigenvalue weighted by molar-refractivity contribution is 1.70. The predicted octanol–water partition coefficient (Wildman–Crippen LogP) is 9.63. The van der Waals surface area contributed by atoms with Crippen molar-refractivity contribution in [1.29, 1.82) is 0 Å². The Balaban J connectivity index is 0.000000126. The summed E-state index contributed by atoms with van der Waals surface area (Å²) in [5.41, 5.74) is 5.48. The number of fused-ring (bicyclic) bond motifs is 7. The predicted molar refractivity (Wildman–Crippen MR) is 147 cm³/mol. The fourth-order valence-corrected chi connectivity index (χ4v) is 5.44. The van der Waals surface area contributed by atoms with E-state index in [1.54, 1.807) is 0 Å². The summed E-state index contributed by atoms with van der Waals surface area (Å²) in [6.07, 6.45) is 0. The van der Waals surface area contributed by atoms with E-state index in [4.69, 9.17) is 0 Å². The van der Waals surface area contributed by atoms with Crippen molar-refractivity contribution in [3.63, 3.8) is 0 Å². The molecule has 0 aliphatic heterocycles. The Morgan fingerprint density at radius 2 is 0.706 bits per heavy atom. The third-order valence-electron chi connectivity index (χ3n) is 7.01. The molecule has 0 spiro atoms. The van der Waals surface area contributed by atoms with Crippen LogP contribution in [0.5, 0.6) is 0 Å². The van der Waals surface area contributed by atoms with Crippen LogP contribution in [0.2, 0.25) is 0 Å². The van der Waals surface area contributed by atoms with E-state index in [9.17, 15) is 0 Å². The Bertz CT molecular complexity index is 1750.